The zero-order valence-corrected chi connectivity index (χ0v) is 14.6. The van der Waals surface area contributed by atoms with E-state index in [1.54, 1.807) is 13.8 Å². The van der Waals surface area contributed by atoms with Crippen molar-refractivity contribution in [2.75, 3.05) is 6.61 Å². The van der Waals surface area contributed by atoms with Crippen LogP contribution in [0.1, 0.15) is 27.7 Å². The highest BCUT2D eigenvalue weighted by atomic mass is 32.2. The standard InChI is InChI=1S/C17H22N2O3S/c1-12(2)17(4,11-18)19-15(20)10-22-16(21)13(3)23-14-8-6-5-7-9-14/h5-9,12-13H,10H2,1-4H3,(H,19,20)/t13-,17+/m1/s1. The molecule has 0 radical (unpaired) electrons. The van der Waals surface area contributed by atoms with Crippen molar-refractivity contribution in [2.24, 2.45) is 5.92 Å². The fraction of sp³-hybridized carbons (Fsp3) is 0.471. The van der Waals surface area contributed by atoms with Crippen LogP contribution < -0.4 is 5.32 Å². The van der Waals surface area contributed by atoms with Gasteiger partial charge in [-0.2, -0.15) is 5.26 Å². The van der Waals surface area contributed by atoms with E-state index in [1.165, 1.54) is 11.8 Å². The van der Waals surface area contributed by atoms with E-state index in [0.29, 0.717) is 0 Å². The molecule has 5 nitrogen and oxygen atoms in total. The van der Waals surface area contributed by atoms with Crippen LogP contribution in [0, 0.1) is 17.2 Å². The molecule has 1 aromatic carbocycles. The number of thioether (sulfide) groups is 1. The van der Waals surface area contributed by atoms with Gasteiger partial charge in [-0.15, -0.1) is 11.8 Å². The van der Waals surface area contributed by atoms with Gasteiger partial charge in [-0.1, -0.05) is 32.0 Å². The molecule has 0 heterocycles. The van der Waals surface area contributed by atoms with Crippen LogP contribution >= 0.6 is 11.8 Å². The number of esters is 1. The molecule has 0 saturated heterocycles. The summed E-state index contributed by atoms with van der Waals surface area (Å²) < 4.78 is 5.03. The Balaban J connectivity index is 2.46. The summed E-state index contributed by atoms with van der Waals surface area (Å²) in [6.45, 7) is 6.67. The van der Waals surface area contributed by atoms with Crippen LogP contribution in [0.3, 0.4) is 0 Å². The normalized spacial score (nSPS) is 14.4. The van der Waals surface area contributed by atoms with Gasteiger partial charge in [0.25, 0.3) is 5.91 Å². The number of hydrogen-bond acceptors (Lipinski definition) is 5. The van der Waals surface area contributed by atoms with Gasteiger partial charge in [0.1, 0.15) is 10.8 Å². The number of nitriles is 1. The third-order valence-electron chi connectivity index (χ3n) is 3.52. The van der Waals surface area contributed by atoms with Gasteiger partial charge in [-0.05, 0) is 31.9 Å². The molecule has 0 saturated carbocycles. The number of hydrogen-bond donors (Lipinski definition) is 1. The number of nitrogens with zero attached hydrogens (tertiary/aromatic N) is 1. The third kappa shape index (κ3) is 5.95. The van der Waals surface area contributed by atoms with Crippen molar-refractivity contribution in [2.45, 2.75) is 43.4 Å². The highest BCUT2D eigenvalue weighted by Gasteiger charge is 2.30. The van der Waals surface area contributed by atoms with Crippen molar-refractivity contribution in [1.82, 2.24) is 5.32 Å². The molecule has 0 aromatic heterocycles. The lowest BCUT2D eigenvalue weighted by atomic mass is 9.90. The van der Waals surface area contributed by atoms with Gasteiger partial charge >= 0.3 is 5.97 Å². The zero-order chi connectivity index (χ0) is 17.5. The Kier molecular flexibility index (Phi) is 7.11. The Labute approximate surface area is 141 Å². The molecule has 0 unspecified atom stereocenters. The lowest BCUT2D eigenvalue weighted by Gasteiger charge is -2.27. The molecule has 1 amide bonds. The van der Waals surface area contributed by atoms with Crippen molar-refractivity contribution in [3.8, 4) is 6.07 Å². The zero-order valence-electron chi connectivity index (χ0n) is 13.8. The van der Waals surface area contributed by atoms with Crippen LogP contribution in [0.4, 0.5) is 0 Å². The molecule has 0 aliphatic heterocycles. The largest absolute Gasteiger partial charge is 0.455 e. The average Bonchev–Trinajstić information content (AvgIpc) is 2.53. The Hall–Kier alpha value is -2.00. The molecule has 0 bridgehead atoms. The fourth-order valence-electron chi connectivity index (χ4n) is 1.63. The second-order valence-electron chi connectivity index (χ2n) is 5.70. The Morgan fingerprint density at radius 1 is 1.30 bits per heavy atom. The van der Waals surface area contributed by atoms with Gasteiger partial charge < -0.3 is 10.1 Å². The minimum Gasteiger partial charge on any atom is -0.455 e. The number of rotatable bonds is 7. The topological polar surface area (TPSA) is 79.2 Å². The van der Waals surface area contributed by atoms with E-state index < -0.39 is 22.7 Å². The second-order valence-corrected chi connectivity index (χ2v) is 7.11. The SMILES string of the molecule is CC(C)[C@](C)(C#N)NC(=O)COC(=O)[C@@H](C)Sc1ccccc1. The van der Waals surface area contributed by atoms with Crippen LogP contribution in [0.5, 0.6) is 0 Å². The maximum absolute atomic E-state index is 11.9. The Morgan fingerprint density at radius 3 is 2.43 bits per heavy atom. The molecule has 6 heteroatoms. The van der Waals surface area contributed by atoms with Gasteiger partial charge in [0.05, 0.1) is 6.07 Å². The summed E-state index contributed by atoms with van der Waals surface area (Å²) in [5, 5.41) is 11.3. The van der Waals surface area contributed by atoms with Crippen molar-refractivity contribution < 1.29 is 14.3 Å². The predicted molar refractivity (Wildman–Crippen MR) is 89.7 cm³/mol. The van der Waals surface area contributed by atoms with Gasteiger partial charge in [0.15, 0.2) is 6.61 Å². The van der Waals surface area contributed by atoms with E-state index >= 15 is 0 Å². The highest BCUT2D eigenvalue weighted by molar-refractivity contribution is 8.00. The number of nitrogens with one attached hydrogen (secondary N) is 1. The summed E-state index contributed by atoms with van der Waals surface area (Å²) in [6, 6.07) is 11.6. The number of ether oxygens (including phenoxy) is 1. The van der Waals surface area contributed by atoms with Crippen LogP contribution in [0.25, 0.3) is 0 Å². The smallest absolute Gasteiger partial charge is 0.319 e. The Bertz CT molecular complexity index is 583. The molecule has 0 aliphatic carbocycles. The highest BCUT2D eigenvalue weighted by Crippen LogP contribution is 2.23. The van der Waals surface area contributed by atoms with E-state index in [0.717, 1.165) is 4.90 Å². The van der Waals surface area contributed by atoms with Gasteiger partial charge in [-0.3, -0.25) is 9.59 Å². The van der Waals surface area contributed by atoms with Crippen molar-refractivity contribution >= 4 is 23.6 Å². The summed E-state index contributed by atoms with van der Waals surface area (Å²) in [5.74, 6) is -0.995. The number of carbonyl (C=O) groups is 2. The fourth-order valence-corrected chi connectivity index (χ4v) is 2.52. The van der Waals surface area contributed by atoms with E-state index in [1.807, 2.05) is 44.2 Å². The molecule has 23 heavy (non-hydrogen) atoms. The molecule has 1 aromatic rings. The van der Waals surface area contributed by atoms with Gasteiger partial charge in [0.2, 0.25) is 0 Å². The van der Waals surface area contributed by atoms with Gasteiger partial charge in [0, 0.05) is 4.90 Å². The maximum atomic E-state index is 11.9. The molecule has 2 atom stereocenters. The molecule has 124 valence electrons. The molecule has 0 fully saturated rings. The van der Waals surface area contributed by atoms with Crippen LogP contribution in [0.15, 0.2) is 35.2 Å². The molecule has 0 aliphatic rings. The maximum Gasteiger partial charge on any atom is 0.319 e. The lowest BCUT2D eigenvalue weighted by molar-refractivity contribution is -0.148. The lowest BCUT2D eigenvalue weighted by Crippen LogP contribution is -2.50. The van der Waals surface area contributed by atoms with E-state index in [9.17, 15) is 9.59 Å². The first kappa shape index (κ1) is 19.0. The average molecular weight is 334 g/mol. The minimum atomic E-state index is -0.978. The quantitative estimate of drug-likeness (QED) is 0.613. The number of amides is 1. The van der Waals surface area contributed by atoms with Crippen molar-refractivity contribution in [1.29, 1.82) is 5.26 Å². The van der Waals surface area contributed by atoms with Crippen molar-refractivity contribution in [3.05, 3.63) is 30.3 Å². The summed E-state index contributed by atoms with van der Waals surface area (Å²) in [5.41, 5.74) is -0.978. The second kappa shape index (κ2) is 8.59. The summed E-state index contributed by atoms with van der Waals surface area (Å²) in [7, 11) is 0. The first-order valence-corrected chi connectivity index (χ1v) is 8.27. The van der Waals surface area contributed by atoms with Crippen LogP contribution in [-0.2, 0) is 14.3 Å². The molecule has 1 rings (SSSR count). The minimum absolute atomic E-state index is 0.0558. The third-order valence-corrected chi connectivity index (χ3v) is 4.61. The first-order chi connectivity index (χ1) is 10.8. The summed E-state index contributed by atoms with van der Waals surface area (Å²) in [4.78, 5) is 24.8. The van der Waals surface area contributed by atoms with E-state index in [4.69, 9.17) is 10.00 Å². The van der Waals surface area contributed by atoms with Gasteiger partial charge in [-0.25, -0.2) is 0 Å². The monoisotopic (exact) mass is 334 g/mol. The summed E-state index contributed by atoms with van der Waals surface area (Å²) in [6.07, 6.45) is 0. The van der Waals surface area contributed by atoms with Crippen LogP contribution in [0.2, 0.25) is 0 Å². The van der Waals surface area contributed by atoms with Crippen LogP contribution in [-0.4, -0.2) is 29.3 Å². The number of benzene rings is 1. The first-order valence-electron chi connectivity index (χ1n) is 7.39. The molecule has 1 N–H and O–H groups in total. The summed E-state index contributed by atoms with van der Waals surface area (Å²) >= 11 is 1.37. The molecule has 0 spiro atoms. The van der Waals surface area contributed by atoms with Crippen molar-refractivity contribution in [3.63, 3.8) is 0 Å². The number of carbonyl (C=O) groups excluding carboxylic acids is 2. The molecular weight excluding hydrogens is 312 g/mol. The van der Waals surface area contributed by atoms with E-state index in [2.05, 4.69) is 11.4 Å². The predicted octanol–water partition coefficient (Wildman–Crippen LogP) is 2.76. The van der Waals surface area contributed by atoms with E-state index in [-0.39, 0.29) is 12.5 Å². The molecular formula is C17H22N2O3S. The Morgan fingerprint density at radius 2 is 1.91 bits per heavy atom.